The average molecular weight is 200 g/mol. The molecule has 4 heteroatoms. The monoisotopic (exact) mass is 199 g/mol. The van der Waals surface area contributed by atoms with Crippen molar-refractivity contribution in [3.8, 4) is 0 Å². The van der Waals surface area contributed by atoms with Crippen molar-refractivity contribution in [2.24, 2.45) is 0 Å². The highest BCUT2D eigenvalue weighted by Gasteiger charge is 2.05. The minimum Gasteiger partial charge on any atom is -0.297 e. The molecule has 0 unspecified atom stereocenters. The Balaban J connectivity index is 2.59. The van der Waals surface area contributed by atoms with E-state index in [2.05, 4.69) is 28.7 Å². The van der Waals surface area contributed by atoms with Crippen molar-refractivity contribution in [1.82, 2.24) is 14.9 Å². The van der Waals surface area contributed by atoms with Crippen LogP contribution >= 0.6 is 11.6 Å². The Morgan fingerprint density at radius 2 is 1.92 bits per heavy atom. The molecule has 0 aliphatic heterocycles. The quantitative estimate of drug-likeness (QED) is 0.746. The van der Waals surface area contributed by atoms with Crippen LogP contribution in [0.25, 0.3) is 0 Å². The maximum absolute atomic E-state index is 5.67. The summed E-state index contributed by atoms with van der Waals surface area (Å²) in [4.78, 5) is 10.4. The van der Waals surface area contributed by atoms with Gasteiger partial charge in [0.25, 0.3) is 0 Å². The molecule has 1 heterocycles. The van der Waals surface area contributed by atoms with Gasteiger partial charge in [-0.05, 0) is 20.9 Å². The minimum atomic E-state index is 0.499. The summed E-state index contributed by atoms with van der Waals surface area (Å²) in [6.07, 6.45) is 3.25. The van der Waals surface area contributed by atoms with Gasteiger partial charge in [-0.3, -0.25) is 4.90 Å². The zero-order valence-corrected chi connectivity index (χ0v) is 8.91. The van der Waals surface area contributed by atoms with Gasteiger partial charge in [0.05, 0.1) is 11.6 Å². The molecule has 13 heavy (non-hydrogen) atoms. The van der Waals surface area contributed by atoms with E-state index in [4.69, 9.17) is 11.6 Å². The van der Waals surface area contributed by atoms with E-state index in [9.17, 15) is 0 Å². The predicted molar refractivity (Wildman–Crippen MR) is 53.6 cm³/mol. The molecule has 0 spiro atoms. The highest BCUT2D eigenvalue weighted by molar-refractivity contribution is 6.30. The molecule has 1 aromatic rings. The van der Waals surface area contributed by atoms with Gasteiger partial charge < -0.3 is 0 Å². The number of rotatable bonds is 3. The minimum absolute atomic E-state index is 0.499. The lowest BCUT2D eigenvalue weighted by Crippen LogP contribution is -2.26. The molecule has 0 bridgehead atoms. The molecule has 0 fully saturated rings. The molecule has 0 aliphatic rings. The first-order chi connectivity index (χ1) is 6.09. The summed E-state index contributed by atoms with van der Waals surface area (Å²) in [6, 6.07) is 0.499. The van der Waals surface area contributed by atoms with Gasteiger partial charge in [-0.25, -0.2) is 9.97 Å². The lowest BCUT2D eigenvalue weighted by molar-refractivity contribution is 0.259. The number of nitrogens with zero attached hydrogens (tertiary/aromatic N) is 3. The molecule has 0 amide bonds. The van der Waals surface area contributed by atoms with E-state index in [-0.39, 0.29) is 0 Å². The Morgan fingerprint density at radius 1 is 1.38 bits per heavy atom. The van der Waals surface area contributed by atoms with Gasteiger partial charge in [0.1, 0.15) is 5.82 Å². The molecule has 0 saturated heterocycles. The van der Waals surface area contributed by atoms with Crippen LogP contribution < -0.4 is 0 Å². The fourth-order valence-electron chi connectivity index (χ4n) is 0.826. The van der Waals surface area contributed by atoms with Crippen LogP contribution in [0, 0.1) is 0 Å². The molecule has 0 aromatic carbocycles. The van der Waals surface area contributed by atoms with Gasteiger partial charge in [0.2, 0.25) is 0 Å². The molecule has 0 atom stereocenters. The van der Waals surface area contributed by atoms with Crippen molar-refractivity contribution < 1.29 is 0 Å². The molecule has 0 aliphatic carbocycles. The second kappa shape index (κ2) is 4.53. The molecule has 0 saturated carbocycles. The summed E-state index contributed by atoms with van der Waals surface area (Å²) in [7, 11) is 2.04. The summed E-state index contributed by atoms with van der Waals surface area (Å²) in [6.45, 7) is 5.03. The first-order valence-electron chi connectivity index (χ1n) is 4.26. The molecule has 3 nitrogen and oxygen atoms in total. The van der Waals surface area contributed by atoms with E-state index in [1.165, 1.54) is 0 Å². The van der Waals surface area contributed by atoms with Crippen LogP contribution in [0.1, 0.15) is 19.7 Å². The fraction of sp³-hybridized carbons (Fsp3) is 0.556. The van der Waals surface area contributed by atoms with Crippen LogP contribution in [-0.2, 0) is 6.54 Å². The highest BCUT2D eigenvalue weighted by atomic mass is 35.5. The normalized spacial score (nSPS) is 11.2. The van der Waals surface area contributed by atoms with Crippen molar-refractivity contribution in [2.75, 3.05) is 7.05 Å². The third-order valence-corrected chi connectivity index (χ3v) is 2.14. The van der Waals surface area contributed by atoms with Gasteiger partial charge in [-0.1, -0.05) is 11.6 Å². The third-order valence-electron chi connectivity index (χ3n) is 1.95. The maximum Gasteiger partial charge on any atom is 0.142 e. The molecular weight excluding hydrogens is 186 g/mol. The molecule has 72 valence electrons. The summed E-state index contributed by atoms with van der Waals surface area (Å²) in [5, 5.41) is 0.580. The molecular formula is C9H14ClN3. The molecule has 0 radical (unpaired) electrons. The Morgan fingerprint density at radius 3 is 2.38 bits per heavy atom. The van der Waals surface area contributed by atoms with Gasteiger partial charge in [0.15, 0.2) is 0 Å². The lowest BCUT2D eigenvalue weighted by atomic mass is 10.3. The summed E-state index contributed by atoms with van der Waals surface area (Å²) >= 11 is 5.67. The first kappa shape index (κ1) is 10.4. The standard InChI is InChI=1S/C9H14ClN3/c1-7(2)13(3)6-9-11-4-8(10)5-12-9/h4-5,7H,6H2,1-3H3. The second-order valence-electron chi connectivity index (χ2n) is 3.33. The topological polar surface area (TPSA) is 29.0 Å². The van der Waals surface area contributed by atoms with Gasteiger partial charge >= 0.3 is 0 Å². The van der Waals surface area contributed by atoms with E-state index in [1.54, 1.807) is 12.4 Å². The predicted octanol–water partition coefficient (Wildman–Crippen LogP) is 1.97. The van der Waals surface area contributed by atoms with E-state index in [1.807, 2.05) is 7.05 Å². The molecule has 1 aromatic heterocycles. The molecule has 1 rings (SSSR count). The Kier molecular flexibility index (Phi) is 3.63. The Labute approximate surface area is 83.8 Å². The van der Waals surface area contributed by atoms with Crippen molar-refractivity contribution in [3.63, 3.8) is 0 Å². The van der Waals surface area contributed by atoms with Crippen LogP contribution in [0.4, 0.5) is 0 Å². The van der Waals surface area contributed by atoms with E-state index in [0.717, 1.165) is 12.4 Å². The number of hydrogen-bond acceptors (Lipinski definition) is 3. The van der Waals surface area contributed by atoms with E-state index >= 15 is 0 Å². The van der Waals surface area contributed by atoms with Gasteiger partial charge in [-0.2, -0.15) is 0 Å². The van der Waals surface area contributed by atoms with E-state index < -0.39 is 0 Å². The Hall–Kier alpha value is -0.670. The van der Waals surface area contributed by atoms with Crippen molar-refractivity contribution in [2.45, 2.75) is 26.4 Å². The van der Waals surface area contributed by atoms with Crippen LogP contribution in [-0.4, -0.2) is 28.0 Å². The van der Waals surface area contributed by atoms with Crippen molar-refractivity contribution in [1.29, 1.82) is 0 Å². The smallest absolute Gasteiger partial charge is 0.142 e. The lowest BCUT2D eigenvalue weighted by Gasteiger charge is -2.19. The van der Waals surface area contributed by atoms with Crippen LogP contribution in [0.5, 0.6) is 0 Å². The number of hydrogen-bond donors (Lipinski definition) is 0. The SMILES string of the molecule is CC(C)N(C)Cc1ncc(Cl)cn1. The zero-order valence-electron chi connectivity index (χ0n) is 8.16. The summed E-state index contributed by atoms with van der Waals surface area (Å²) in [5.41, 5.74) is 0. The van der Waals surface area contributed by atoms with Gasteiger partial charge in [0, 0.05) is 18.4 Å². The van der Waals surface area contributed by atoms with Crippen LogP contribution in [0.2, 0.25) is 5.02 Å². The third kappa shape index (κ3) is 3.28. The maximum atomic E-state index is 5.67. The molecule has 0 N–H and O–H groups in total. The van der Waals surface area contributed by atoms with Gasteiger partial charge in [-0.15, -0.1) is 0 Å². The fourth-order valence-corrected chi connectivity index (χ4v) is 0.924. The highest BCUT2D eigenvalue weighted by Crippen LogP contribution is 2.05. The largest absolute Gasteiger partial charge is 0.297 e. The zero-order chi connectivity index (χ0) is 9.84. The second-order valence-corrected chi connectivity index (χ2v) is 3.76. The average Bonchev–Trinajstić information content (AvgIpc) is 2.08. The number of aromatic nitrogens is 2. The Bertz CT molecular complexity index is 258. The van der Waals surface area contributed by atoms with Crippen molar-refractivity contribution >= 4 is 11.6 Å². The van der Waals surface area contributed by atoms with Crippen molar-refractivity contribution in [3.05, 3.63) is 23.2 Å². The van der Waals surface area contributed by atoms with Crippen LogP contribution in [0.15, 0.2) is 12.4 Å². The number of halogens is 1. The first-order valence-corrected chi connectivity index (χ1v) is 4.64. The summed E-state index contributed by atoms with van der Waals surface area (Å²) < 4.78 is 0. The van der Waals surface area contributed by atoms with E-state index in [0.29, 0.717) is 11.1 Å². The van der Waals surface area contributed by atoms with Crippen LogP contribution in [0.3, 0.4) is 0 Å². The summed E-state index contributed by atoms with van der Waals surface area (Å²) in [5.74, 6) is 0.806.